The largest absolute Gasteiger partial charge is 0.507 e. The van der Waals surface area contributed by atoms with E-state index in [1.807, 2.05) is 11.0 Å². The molecule has 1 saturated heterocycles. The molecule has 1 N–H and O–H groups in total. The van der Waals surface area contributed by atoms with Crippen LogP contribution < -0.4 is 0 Å². The smallest absolute Gasteiger partial charge is 0.266 e. The molecule has 0 aromatic heterocycles. The Morgan fingerprint density at radius 2 is 2.05 bits per heavy atom. The average Bonchev–Trinajstić information content (AvgIpc) is 3.10. The Morgan fingerprint density at radius 1 is 1.32 bits per heavy atom. The lowest BCUT2D eigenvalue weighted by molar-refractivity contribution is -0.140. The quantitative estimate of drug-likeness (QED) is 0.876. The molecule has 1 amide bonds. The van der Waals surface area contributed by atoms with Crippen molar-refractivity contribution in [2.45, 2.75) is 25.4 Å². The molecule has 0 saturated carbocycles. The molecule has 0 spiro atoms. The lowest BCUT2D eigenvalue weighted by Gasteiger charge is -2.18. The molecule has 3 rings (SSSR count). The number of rotatable bonds is 2. The van der Waals surface area contributed by atoms with Crippen molar-refractivity contribution in [2.75, 3.05) is 13.1 Å². The predicted octanol–water partition coefficient (Wildman–Crippen LogP) is 1.51. The number of hydrogen-bond donors (Lipinski definition) is 1. The molecule has 0 aliphatic carbocycles. The van der Waals surface area contributed by atoms with Gasteiger partial charge in [-0.05, 0) is 25.0 Å². The zero-order valence-corrected chi connectivity index (χ0v) is 10.6. The Morgan fingerprint density at radius 3 is 2.79 bits per heavy atom. The van der Waals surface area contributed by atoms with Crippen LogP contribution in [-0.4, -0.2) is 40.8 Å². The number of aromatic hydroxyl groups is 1. The van der Waals surface area contributed by atoms with E-state index in [0.717, 1.165) is 25.9 Å². The highest BCUT2D eigenvalue weighted by molar-refractivity contribution is 6.05. The number of nitrogens with zero attached hydrogens (tertiary/aromatic N) is 2. The average molecular weight is 260 g/mol. The molecule has 0 radical (unpaired) electrons. The van der Waals surface area contributed by atoms with E-state index in [1.165, 1.54) is 0 Å². The number of carbonyl (C=O) groups excluding carboxylic acids is 1. The van der Waals surface area contributed by atoms with Crippen LogP contribution >= 0.6 is 0 Å². The van der Waals surface area contributed by atoms with Gasteiger partial charge in [0.1, 0.15) is 5.75 Å². The van der Waals surface area contributed by atoms with Gasteiger partial charge in [0.2, 0.25) is 6.10 Å². The first-order valence-electron chi connectivity index (χ1n) is 6.55. The van der Waals surface area contributed by atoms with E-state index in [4.69, 9.17) is 4.84 Å². The second kappa shape index (κ2) is 4.91. The van der Waals surface area contributed by atoms with E-state index in [1.54, 1.807) is 18.2 Å². The molecule has 1 atom stereocenters. The number of amides is 1. The van der Waals surface area contributed by atoms with Crippen LogP contribution in [0.4, 0.5) is 0 Å². The fraction of sp³-hybridized carbons (Fsp3) is 0.429. The third kappa shape index (κ3) is 2.28. The fourth-order valence-electron chi connectivity index (χ4n) is 2.53. The van der Waals surface area contributed by atoms with Crippen LogP contribution in [0, 0.1) is 0 Å². The van der Waals surface area contributed by atoms with E-state index < -0.39 is 6.10 Å². The predicted molar refractivity (Wildman–Crippen MR) is 69.9 cm³/mol. The molecule has 100 valence electrons. The first-order chi connectivity index (χ1) is 9.25. The van der Waals surface area contributed by atoms with Gasteiger partial charge in [0.25, 0.3) is 5.91 Å². The Hall–Kier alpha value is -2.04. The van der Waals surface area contributed by atoms with E-state index in [2.05, 4.69) is 5.16 Å². The summed E-state index contributed by atoms with van der Waals surface area (Å²) in [7, 11) is 0. The Labute approximate surface area is 111 Å². The van der Waals surface area contributed by atoms with E-state index >= 15 is 0 Å². The van der Waals surface area contributed by atoms with Gasteiger partial charge in [-0.15, -0.1) is 0 Å². The lowest BCUT2D eigenvalue weighted by Crippen LogP contribution is -2.37. The third-order valence-electron chi connectivity index (χ3n) is 3.58. The summed E-state index contributed by atoms with van der Waals surface area (Å²) in [6.45, 7) is 1.62. The summed E-state index contributed by atoms with van der Waals surface area (Å²) in [6.07, 6.45) is 2.01. The number of oxime groups is 1. The van der Waals surface area contributed by atoms with Crippen molar-refractivity contribution in [1.82, 2.24) is 4.90 Å². The minimum Gasteiger partial charge on any atom is -0.507 e. The minimum atomic E-state index is -0.535. The molecule has 1 aromatic carbocycles. The summed E-state index contributed by atoms with van der Waals surface area (Å²) in [6, 6.07) is 6.96. The first-order valence-corrected chi connectivity index (χ1v) is 6.55. The highest BCUT2D eigenvalue weighted by Crippen LogP contribution is 2.25. The summed E-state index contributed by atoms with van der Waals surface area (Å²) in [5, 5.41) is 13.7. The summed E-state index contributed by atoms with van der Waals surface area (Å²) < 4.78 is 0. The maximum atomic E-state index is 12.2. The van der Waals surface area contributed by atoms with Gasteiger partial charge in [-0.2, -0.15) is 0 Å². The van der Waals surface area contributed by atoms with E-state index in [0.29, 0.717) is 17.7 Å². The van der Waals surface area contributed by atoms with Crippen molar-refractivity contribution in [3.05, 3.63) is 29.8 Å². The Kier molecular flexibility index (Phi) is 3.11. The first kappa shape index (κ1) is 12.0. The maximum absolute atomic E-state index is 12.2. The van der Waals surface area contributed by atoms with Crippen LogP contribution in [0.25, 0.3) is 0 Å². The third-order valence-corrected chi connectivity index (χ3v) is 3.58. The number of hydrogen-bond acceptors (Lipinski definition) is 4. The molecule has 0 unspecified atom stereocenters. The minimum absolute atomic E-state index is 0.00618. The van der Waals surface area contributed by atoms with Crippen LogP contribution in [-0.2, 0) is 9.63 Å². The number of benzene rings is 1. The topological polar surface area (TPSA) is 62.1 Å². The van der Waals surface area contributed by atoms with Crippen molar-refractivity contribution in [3.63, 3.8) is 0 Å². The van der Waals surface area contributed by atoms with Crippen molar-refractivity contribution < 1.29 is 14.7 Å². The molecule has 2 aliphatic rings. The molecule has 2 aliphatic heterocycles. The molecule has 1 fully saturated rings. The standard InChI is InChI=1S/C14H16N2O3/c17-12-6-2-1-5-10(12)11-9-13(19-15-11)14(18)16-7-3-4-8-16/h1-2,5-6,13,17H,3-4,7-9H2/t13-/m0/s1. The van der Waals surface area contributed by atoms with Crippen molar-refractivity contribution in [2.24, 2.45) is 5.16 Å². The van der Waals surface area contributed by atoms with Crippen molar-refractivity contribution >= 4 is 11.6 Å². The SMILES string of the molecule is O=C([C@@H]1CC(c2ccccc2O)=NO1)N1CCCC1. The van der Waals surface area contributed by atoms with Gasteiger partial charge in [0.05, 0.1) is 5.71 Å². The van der Waals surface area contributed by atoms with Crippen LogP contribution in [0.2, 0.25) is 0 Å². The van der Waals surface area contributed by atoms with Crippen LogP contribution in [0.15, 0.2) is 29.4 Å². The number of para-hydroxylation sites is 1. The molecule has 2 heterocycles. The fourth-order valence-corrected chi connectivity index (χ4v) is 2.53. The molecule has 1 aromatic rings. The number of phenolic OH excluding ortho intramolecular Hbond substituents is 1. The highest BCUT2D eigenvalue weighted by atomic mass is 16.6. The molecule has 0 bridgehead atoms. The molecular formula is C14H16N2O3. The van der Waals surface area contributed by atoms with Gasteiger partial charge in [0.15, 0.2) is 0 Å². The zero-order chi connectivity index (χ0) is 13.2. The summed E-state index contributed by atoms with van der Waals surface area (Å²) in [5.74, 6) is 0.172. The van der Waals surface area contributed by atoms with Gasteiger partial charge in [-0.3, -0.25) is 4.79 Å². The molecule has 19 heavy (non-hydrogen) atoms. The Bertz CT molecular complexity index is 521. The van der Waals surface area contributed by atoms with E-state index in [9.17, 15) is 9.90 Å². The highest BCUT2D eigenvalue weighted by Gasteiger charge is 2.33. The number of likely N-dealkylation sites (tertiary alicyclic amines) is 1. The van der Waals surface area contributed by atoms with Crippen molar-refractivity contribution in [1.29, 1.82) is 0 Å². The van der Waals surface area contributed by atoms with Gasteiger partial charge in [-0.25, -0.2) is 0 Å². The monoisotopic (exact) mass is 260 g/mol. The normalized spacial score (nSPS) is 22.2. The van der Waals surface area contributed by atoms with Gasteiger partial charge < -0.3 is 14.8 Å². The summed E-state index contributed by atoms with van der Waals surface area (Å²) in [5.41, 5.74) is 1.27. The zero-order valence-electron chi connectivity index (χ0n) is 10.6. The Balaban J connectivity index is 1.69. The van der Waals surface area contributed by atoms with Gasteiger partial charge in [0, 0.05) is 25.1 Å². The summed E-state index contributed by atoms with van der Waals surface area (Å²) in [4.78, 5) is 19.2. The molecule has 5 heteroatoms. The maximum Gasteiger partial charge on any atom is 0.266 e. The second-order valence-electron chi connectivity index (χ2n) is 4.89. The van der Waals surface area contributed by atoms with Gasteiger partial charge >= 0.3 is 0 Å². The second-order valence-corrected chi connectivity index (χ2v) is 4.89. The summed E-state index contributed by atoms with van der Waals surface area (Å²) >= 11 is 0. The van der Waals surface area contributed by atoms with Gasteiger partial charge in [-0.1, -0.05) is 17.3 Å². The van der Waals surface area contributed by atoms with Crippen LogP contribution in [0.3, 0.4) is 0 Å². The van der Waals surface area contributed by atoms with Crippen LogP contribution in [0.5, 0.6) is 5.75 Å². The molecule has 5 nitrogen and oxygen atoms in total. The lowest BCUT2D eigenvalue weighted by atomic mass is 10.0. The molecular weight excluding hydrogens is 244 g/mol. The number of phenols is 1. The number of carbonyl (C=O) groups is 1. The van der Waals surface area contributed by atoms with Crippen molar-refractivity contribution in [3.8, 4) is 5.75 Å². The van der Waals surface area contributed by atoms with E-state index in [-0.39, 0.29) is 11.7 Å². The van der Waals surface area contributed by atoms with Crippen LogP contribution in [0.1, 0.15) is 24.8 Å².